The maximum Gasteiger partial charge on any atom is 0.249 e. The van der Waals surface area contributed by atoms with E-state index in [0.717, 1.165) is 6.42 Å². The molecule has 0 aliphatic carbocycles. The van der Waals surface area contributed by atoms with Gasteiger partial charge in [0.15, 0.2) is 0 Å². The van der Waals surface area contributed by atoms with Gasteiger partial charge < -0.3 is 10.1 Å². The van der Waals surface area contributed by atoms with Crippen LogP contribution in [0.4, 0.5) is 0 Å². The molecule has 0 saturated carbocycles. The van der Waals surface area contributed by atoms with E-state index < -0.39 is 0 Å². The van der Waals surface area contributed by atoms with E-state index in [1.165, 1.54) is 6.92 Å². The third-order valence-corrected chi connectivity index (χ3v) is 2.16. The van der Waals surface area contributed by atoms with E-state index in [9.17, 15) is 9.59 Å². The second kappa shape index (κ2) is 4.37. The van der Waals surface area contributed by atoms with Gasteiger partial charge in [-0.25, -0.2) is 0 Å². The molecule has 1 fully saturated rings. The Hall–Kier alpha value is -0.900. The van der Waals surface area contributed by atoms with E-state index in [0.29, 0.717) is 6.61 Å². The van der Waals surface area contributed by atoms with Crippen LogP contribution in [0.1, 0.15) is 20.3 Å². The molecule has 1 aliphatic rings. The number of ether oxygens (including phenoxy) is 1. The second-order valence-electron chi connectivity index (χ2n) is 3.48. The van der Waals surface area contributed by atoms with E-state index in [2.05, 4.69) is 5.32 Å². The van der Waals surface area contributed by atoms with Crippen molar-refractivity contribution in [2.24, 2.45) is 5.92 Å². The number of carbonyl (C=O) groups excluding carboxylic acids is 2. The number of hydrogen-bond donors (Lipinski definition) is 1. The summed E-state index contributed by atoms with van der Waals surface area (Å²) in [6, 6.07) is 0. The van der Waals surface area contributed by atoms with Gasteiger partial charge >= 0.3 is 0 Å². The first-order chi connectivity index (χ1) is 6.11. The smallest absolute Gasteiger partial charge is 0.249 e. The van der Waals surface area contributed by atoms with Crippen LogP contribution >= 0.6 is 0 Å². The summed E-state index contributed by atoms with van der Waals surface area (Å²) in [6.45, 7) is 4.16. The molecule has 13 heavy (non-hydrogen) atoms. The van der Waals surface area contributed by atoms with Crippen molar-refractivity contribution in [1.29, 1.82) is 0 Å². The molecule has 2 atom stereocenters. The van der Waals surface area contributed by atoms with Crippen molar-refractivity contribution < 1.29 is 14.3 Å². The first kappa shape index (κ1) is 10.2. The Morgan fingerprint density at radius 1 is 1.54 bits per heavy atom. The highest BCUT2D eigenvalue weighted by Crippen LogP contribution is 2.19. The van der Waals surface area contributed by atoms with Crippen LogP contribution in [0.5, 0.6) is 0 Å². The molecule has 4 heteroatoms. The van der Waals surface area contributed by atoms with Crippen molar-refractivity contribution in [2.75, 3.05) is 13.2 Å². The number of amides is 1. The molecule has 1 heterocycles. The quantitative estimate of drug-likeness (QED) is 0.679. The Bertz CT molecular complexity index is 215. The third-order valence-electron chi connectivity index (χ3n) is 2.16. The average Bonchev–Trinajstić information content (AvgIpc) is 2.47. The van der Waals surface area contributed by atoms with Crippen molar-refractivity contribution in [3.8, 4) is 0 Å². The lowest BCUT2D eigenvalue weighted by atomic mass is 10.0. The lowest BCUT2D eigenvalue weighted by molar-refractivity contribution is -0.133. The minimum absolute atomic E-state index is 0.0426. The summed E-state index contributed by atoms with van der Waals surface area (Å²) in [5.41, 5.74) is 0. The van der Waals surface area contributed by atoms with Gasteiger partial charge in [-0.2, -0.15) is 0 Å². The van der Waals surface area contributed by atoms with E-state index in [1.807, 2.05) is 6.92 Å². The van der Waals surface area contributed by atoms with Crippen LogP contribution in [0.15, 0.2) is 0 Å². The normalized spacial score (nSPS) is 27.2. The predicted molar refractivity (Wildman–Crippen MR) is 47.2 cm³/mol. The van der Waals surface area contributed by atoms with Crippen LogP contribution in [0.2, 0.25) is 0 Å². The fourth-order valence-electron chi connectivity index (χ4n) is 1.34. The highest BCUT2D eigenvalue weighted by atomic mass is 16.5. The first-order valence-electron chi connectivity index (χ1n) is 4.50. The summed E-state index contributed by atoms with van der Waals surface area (Å²) in [5, 5.41) is 2.54. The van der Waals surface area contributed by atoms with Crippen LogP contribution in [-0.2, 0) is 14.3 Å². The molecule has 4 nitrogen and oxygen atoms in total. The Morgan fingerprint density at radius 2 is 2.23 bits per heavy atom. The van der Waals surface area contributed by atoms with Crippen LogP contribution in [-0.4, -0.2) is 30.9 Å². The Morgan fingerprint density at radius 3 is 2.69 bits per heavy atom. The molecule has 0 aromatic carbocycles. The van der Waals surface area contributed by atoms with Crippen LogP contribution in [0.3, 0.4) is 0 Å². The minimum Gasteiger partial charge on any atom is -0.368 e. The van der Waals surface area contributed by atoms with Gasteiger partial charge in [0.1, 0.15) is 11.9 Å². The molecule has 0 bridgehead atoms. The first-order valence-corrected chi connectivity index (χ1v) is 4.50. The largest absolute Gasteiger partial charge is 0.368 e. The number of hydrogen-bond acceptors (Lipinski definition) is 3. The van der Waals surface area contributed by atoms with Gasteiger partial charge in [0.25, 0.3) is 0 Å². The monoisotopic (exact) mass is 185 g/mol. The molecule has 2 unspecified atom stereocenters. The van der Waals surface area contributed by atoms with Crippen LogP contribution < -0.4 is 5.32 Å². The molecule has 1 aliphatic heterocycles. The lowest BCUT2D eigenvalue weighted by Crippen LogP contribution is -2.39. The predicted octanol–water partition coefficient (Wildman–Crippen LogP) is 0.117. The summed E-state index contributed by atoms with van der Waals surface area (Å²) in [7, 11) is 0. The highest BCUT2D eigenvalue weighted by Gasteiger charge is 2.30. The lowest BCUT2D eigenvalue weighted by Gasteiger charge is -2.13. The zero-order valence-corrected chi connectivity index (χ0v) is 8.00. The van der Waals surface area contributed by atoms with Gasteiger partial charge in [-0.3, -0.25) is 9.59 Å². The molecule has 0 spiro atoms. The molecular weight excluding hydrogens is 170 g/mol. The summed E-state index contributed by atoms with van der Waals surface area (Å²) >= 11 is 0. The van der Waals surface area contributed by atoms with Gasteiger partial charge in [0.2, 0.25) is 5.91 Å². The maximum atomic E-state index is 11.4. The van der Waals surface area contributed by atoms with E-state index in [-0.39, 0.29) is 30.3 Å². The molecule has 1 amide bonds. The molecule has 1 rings (SSSR count). The zero-order valence-electron chi connectivity index (χ0n) is 8.00. The Kier molecular flexibility index (Phi) is 3.42. The Labute approximate surface area is 77.6 Å². The molecule has 74 valence electrons. The number of nitrogens with one attached hydrogen (secondary N) is 1. The van der Waals surface area contributed by atoms with Crippen LogP contribution in [0, 0.1) is 5.92 Å². The van der Waals surface area contributed by atoms with Gasteiger partial charge in [0, 0.05) is 6.61 Å². The summed E-state index contributed by atoms with van der Waals surface area (Å²) in [4.78, 5) is 22.0. The molecule has 0 aromatic rings. The number of rotatable bonds is 3. The van der Waals surface area contributed by atoms with Crippen LogP contribution in [0.25, 0.3) is 0 Å². The summed E-state index contributed by atoms with van der Waals surface area (Å²) < 4.78 is 5.24. The fraction of sp³-hybridized carbons (Fsp3) is 0.778. The molecule has 0 aromatic heterocycles. The zero-order chi connectivity index (χ0) is 9.84. The van der Waals surface area contributed by atoms with Crippen molar-refractivity contribution >= 4 is 11.7 Å². The third kappa shape index (κ3) is 2.81. The highest BCUT2D eigenvalue weighted by molar-refractivity contribution is 5.87. The molecular formula is C9H15NO3. The number of carbonyl (C=O) groups is 2. The van der Waals surface area contributed by atoms with E-state index in [4.69, 9.17) is 4.74 Å². The average molecular weight is 185 g/mol. The van der Waals surface area contributed by atoms with Crippen molar-refractivity contribution in [3.05, 3.63) is 0 Å². The number of Topliss-reactive ketones (excluding diaryl/α,β-unsaturated/α-hetero) is 1. The standard InChI is InChI=1S/C9H15NO3/c1-6-3-4-13-8(6)9(12)10-5-7(2)11/h6,8H,3-5H2,1-2H3,(H,10,12). The van der Waals surface area contributed by atoms with Gasteiger partial charge in [-0.15, -0.1) is 0 Å². The summed E-state index contributed by atoms with van der Waals surface area (Å²) in [5.74, 6) is 0.0474. The summed E-state index contributed by atoms with van der Waals surface area (Å²) in [6.07, 6.45) is 0.553. The number of ketones is 1. The molecule has 1 N–H and O–H groups in total. The van der Waals surface area contributed by atoms with E-state index in [1.54, 1.807) is 0 Å². The molecule has 1 saturated heterocycles. The van der Waals surface area contributed by atoms with Gasteiger partial charge in [-0.1, -0.05) is 6.92 Å². The fourth-order valence-corrected chi connectivity index (χ4v) is 1.34. The SMILES string of the molecule is CC(=O)CNC(=O)C1OCCC1C. The van der Waals surface area contributed by atoms with Gasteiger partial charge in [-0.05, 0) is 19.3 Å². The topological polar surface area (TPSA) is 55.4 Å². The second-order valence-corrected chi connectivity index (χ2v) is 3.48. The van der Waals surface area contributed by atoms with E-state index >= 15 is 0 Å². The van der Waals surface area contributed by atoms with Crippen molar-refractivity contribution in [1.82, 2.24) is 5.32 Å². The van der Waals surface area contributed by atoms with Crippen molar-refractivity contribution in [3.63, 3.8) is 0 Å². The minimum atomic E-state index is -0.362. The van der Waals surface area contributed by atoms with Crippen molar-refractivity contribution in [2.45, 2.75) is 26.4 Å². The molecule has 0 radical (unpaired) electrons. The van der Waals surface area contributed by atoms with Gasteiger partial charge in [0.05, 0.1) is 6.54 Å². The maximum absolute atomic E-state index is 11.4. The Balaban J connectivity index is 2.34.